The molecule has 0 aromatic carbocycles. The molecule has 1 aromatic heterocycles. The van der Waals surface area contributed by atoms with Gasteiger partial charge in [0, 0.05) is 38.1 Å². The second-order valence-electron chi connectivity index (χ2n) is 6.83. The zero-order chi connectivity index (χ0) is 17.3. The smallest absolute Gasteiger partial charge is 0.265 e. The van der Waals surface area contributed by atoms with Crippen LogP contribution in [0.2, 0.25) is 0 Å². The first-order chi connectivity index (χ1) is 11.4. The van der Waals surface area contributed by atoms with E-state index in [2.05, 4.69) is 22.2 Å². The number of hydrogen-bond donors (Lipinski definition) is 1. The molecular weight excluding hydrogens is 324 g/mol. The van der Waals surface area contributed by atoms with Gasteiger partial charge in [0.2, 0.25) is 5.91 Å². The maximum absolute atomic E-state index is 13.1. The fraction of sp³-hybridized carbons (Fsp3) is 0.706. The highest BCUT2D eigenvalue weighted by atomic mass is 32.1. The Hall–Kier alpha value is -1.47. The number of carbonyl (C=O) groups excluding carboxylic acids is 2. The molecule has 1 N–H and O–H groups in total. The van der Waals surface area contributed by atoms with Crippen LogP contribution in [0.1, 0.15) is 46.6 Å². The molecule has 0 saturated carbocycles. The monoisotopic (exact) mass is 350 g/mol. The molecule has 0 bridgehead atoms. The minimum Gasteiger partial charge on any atom is -0.356 e. The van der Waals surface area contributed by atoms with Crippen LogP contribution in [0.5, 0.6) is 0 Å². The molecule has 2 fully saturated rings. The van der Waals surface area contributed by atoms with E-state index in [1.165, 1.54) is 11.3 Å². The number of hydrogen-bond acceptors (Lipinski definition) is 5. The van der Waals surface area contributed by atoms with Gasteiger partial charge in [-0.05, 0) is 33.2 Å². The quantitative estimate of drug-likeness (QED) is 0.877. The van der Waals surface area contributed by atoms with Crippen LogP contribution in [0.4, 0.5) is 0 Å². The lowest BCUT2D eigenvalue weighted by Gasteiger charge is -2.49. The Kier molecular flexibility index (Phi) is 4.92. The Morgan fingerprint density at radius 3 is 2.92 bits per heavy atom. The SMILES string of the molecule is CCc1nc(C)sc1C(=O)N1CCN(C)[C@@]2(CCNC(=O)CC2)C1. The fourth-order valence-electron chi connectivity index (χ4n) is 3.79. The maximum Gasteiger partial charge on any atom is 0.265 e. The van der Waals surface area contributed by atoms with Crippen LogP contribution in [0.3, 0.4) is 0 Å². The molecule has 2 aliphatic heterocycles. The van der Waals surface area contributed by atoms with Gasteiger partial charge in [-0.2, -0.15) is 0 Å². The molecule has 24 heavy (non-hydrogen) atoms. The fourth-order valence-corrected chi connectivity index (χ4v) is 4.77. The number of amides is 2. The minimum atomic E-state index is -0.0980. The van der Waals surface area contributed by atoms with Crippen LogP contribution < -0.4 is 5.32 Å². The molecule has 3 rings (SSSR count). The Morgan fingerprint density at radius 2 is 2.17 bits per heavy atom. The predicted octanol–water partition coefficient (Wildman–Crippen LogP) is 1.44. The lowest BCUT2D eigenvalue weighted by molar-refractivity contribution is -0.121. The number of thiazole rings is 1. The zero-order valence-electron chi connectivity index (χ0n) is 14.7. The summed E-state index contributed by atoms with van der Waals surface area (Å²) in [7, 11) is 2.12. The molecule has 132 valence electrons. The number of piperazine rings is 1. The molecule has 3 heterocycles. The lowest BCUT2D eigenvalue weighted by atomic mass is 9.86. The summed E-state index contributed by atoms with van der Waals surface area (Å²) in [6.07, 6.45) is 3.01. The molecule has 1 spiro atoms. The molecule has 0 aliphatic carbocycles. The van der Waals surface area contributed by atoms with Crippen LogP contribution >= 0.6 is 11.3 Å². The van der Waals surface area contributed by atoms with E-state index in [9.17, 15) is 9.59 Å². The summed E-state index contributed by atoms with van der Waals surface area (Å²) in [6.45, 7) is 6.95. The van der Waals surface area contributed by atoms with Gasteiger partial charge in [0.05, 0.1) is 10.7 Å². The van der Waals surface area contributed by atoms with Crippen LogP contribution in [0.15, 0.2) is 0 Å². The number of likely N-dealkylation sites (N-methyl/N-ethyl adjacent to an activating group) is 1. The number of nitrogens with one attached hydrogen (secondary N) is 1. The summed E-state index contributed by atoms with van der Waals surface area (Å²) in [5.41, 5.74) is 0.812. The van der Waals surface area contributed by atoms with Crippen molar-refractivity contribution in [1.29, 1.82) is 0 Å². The lowest BCUT2D eigenvalue weighted by Crippen LogP contribution is -2.62. The van der Waals surface area contributed by atoms with Crippen LogP contribution in [-0.2, 0) is 11.2 Å². The van der Waals surface area contributed by atoms with Crippen molar-refractivity contribution >= 4 is 23.2 Å². The van der Waals surface area contributed by atoms with Gasteiger partial charge >= 0.3 is 0 Å². The summed E-state index contributed by atoms with van der Waals surface area (Å²) in [5.74, 6) is 0.225. The van der Waals surface area contributed by atoms with E-state index in [-0.39, 0.29) is 17.4 Å². The molecule has 7 heteroatoms. The van der Waals surface area contributed by atoms with Crippen molar-refractivity contribution in [3.05, 3.63) is 15.6 Å². The Labute approximate surface area is 147 Å². The summed E-state index contributed by atoms with van der Waals surface area (Å²) in [5, 5.41) is 3.90. The van der Waals surface area contributed by atoms with Gasteiger partial charge in [-0.25, -0.2) is 4.98 Å². The van der Waals surface area contributed by atoms with Crippen molar-refractivity contribution in [3.63, 3.8) is 0 Å². The van der Waals surface area contributed by atoms with Gasteiger partial charge in [-0.15, -0.1) is 11.3 Å². The molecular formula is C17H26N4O2S. The molecule has 6 nitrogen and oxygen atoms in total. The second kappa shape index (κ2) is 6.80. The number of aromatic nitrogens is 1. The van der Waals surface area contributed by atoms with Crippen molar-refractivity contribution in [2.24, 2.45) is 0 Å². The van der Waals surface area contributed by atoms with Crippen LogP contribution in [-0.4, -0.2) is 65.4 Å². The normalized spacial score (nSPS) is 25.6. The minimum absolute atomic E-state index is 0.0980. The van der Waals surface area contributed by atoms with E-state index in [1.54, 1.807) is 0 Å². The largest absolute Gasteiger partial charge is 0.356 e. The highest BCUT2D eigenvalue weighted by molar-refractivity contribution is 7.13. The summed E-state index contributed by atoms with van der Waals surface area (Å²) in [6, 6.07) is 0. The van der Waals surface area contributed by atoms with Gasteiger partial charge in [-0.3, -0.25) is 14.5 Å². The van der Waals surface area contributed by atoms with Crippen molar-refractivity contribution in [1.82, 2.24) is 20.1 Å². The van der Waals surface area contributed by atoms with Crippen molar-refractivity contribution in [2.75, 3.05) is 33.2 Å². The first-order valence-electron chi connectivity index (χ1n) is 8.69. The molecule has 2 amide bonds. The summed E-state index contributed by atoms with van der Waals surface area (Å²) >= 11 is 1.50. The highest BCUT2D eigenvalue weighted by Crippen LogP contribution is 2.32. The Balaban J connectivity index is 1.82. The number of carbonyl (C=O) groups is 2. The Morgan fingerprint density at radius 1 is 1.38 bits per heavy atom. The van der Waals surface area contributed by atoms with Gasteiger partial charge in [0.1, 0.15) is 4.88 Å². The van der Waals surface area contributed by atoms with E-state index < -0.39 is 0 Å². The molecule has 1 atom stereocenters. The van der Waals surface area contributed by atoms with Crippen molar-refractivity contribution in [3.8, 4) is 0 Å². The van der Waals surface area contributed by atoms with E-state index in [1.807, 2.05) is 18.7 Å². The zero-order valence-corrected chi connectivity index (χ0v) is 15.5. The molecule has 2 saturated heterocycles. The van der Waals surface area contributed by atoms with E-state index >= 15 is 0 Å². The Bertz CT molecular complexity index is 645. The number of nitrogens with zero attached hydrogens (tertiary/aromatic N) is 3. The van der Waals surface area contributed by atoms with E-state index in [0.29, 0.717) is 19.5 Å². The first-order valence-corrected chi connectivity index (χ1v) is 9.50. The molecule has 1 aromatic rings. The molecule has 0 unspecified atom stereocenters. The molecule has 0 radical (unpaired) electrons. The van der Waals surface area contributed by atoms with Gasteiger partial charge in [0.15, 0.2) is 0 Å². The first kappa shape index (κ1) is 17.4. The van der Waals surface area contributed by atoms with E-state index in [0.717, 1.165) is 47.9 Å². The third kappa shape index (κ3) is 3.19. The third-order valence-corrected chi connectivity index (χ3v) is 6.35. The second-order valence-corrected chi connectivity index (χ2v) is 8.04. The van der Waals surface area contributed by atoms with Crippen LogP contribution in [0.25, 0.3) is 0 Å². The predicted molar refractivity (Wildman–Crippen MR) is 94.4 cm³/mol. The topological polar surface area (TPSA) is 65.5 Å². The van der Waals surface area contributed by atoms with Gasteiger partial charge in [0.25, 0.3) is 5.91 Å². The number of rotatable bonds is 2. The molecule has 2 aliphatic rings. The average molecular weight is 350 g/mol. The van der Waals surface area contributed by atoms with Crippen LogP contribution in [0, 0.1) is 6.92 Å². The number of aryl methyl sites for hydroxylation is 2. The van der Waals surface area contributed by atoms with Gasteiger partial charge in [-0.1, -0.05) is 6.92 Å². The summed E-state index contributed by atoms with van der Waals surface area (Å²) in [4.78, 5) is 34.4. The highest BCUT2D eigenvalue weighted by Gasteiger charge is 2.42. The third-order valence-electron chi connectivity index (χ3n) is 5.35. The van der Waals surface area contributed by atoms with E-state index in [4.69, 9.17) is 0 Å². The standard InChI is InChI=1S/C17H26N4O2S/c1-4-13-15(24-12(2)19-13)16(23)21-10-9-20(3)17(11-21)6-5-14(22)18-8-7-17/h4-11H2,1-3H3,(H,18,22)/t17-/m0/s1. The van der Waals surface area contributed by atoms with Crippen molar-refractivity contribution in [2.45, 2.75) is 45.1 Å². The average Bonchev–Trinajstić information content (AvgIpc) is 2.85. The summed E-state index contributed by atoms with van der Waals surface area (Å²) < 4.78 is 0. The van der Waals surface area contributed by atoms with Gasteiger partial charge < -0.3 is 10.2 Å². The maximum atomic E-state index is 13.1. The van der Waals surface area contributed by atoms with Crippen molar-refractivity contribution < 1.29 is 9.59 Å².